The Kier molecular flexibility index (Phi) is 6.95. The number of hydrogen-bond acceptors (Lipinski definition) is 5. The van der Waals surface area contributed by atoms with E-state index in [4.69, 9.17) is 15.0 Å². The molecule has 2 aromatic carbocycles. The third-order valence-electron chi connectivity index (χ3n) is 6.49. The number of pyridine rings is 1. The number of nitriles is 1. The Morgan fingerprint density at radius 2 is 1.97 bits per heavy atom. The van der Waals surface area contributed by atoms with Crippen LogP contribution in [0.1, 0.15) is 42.1 Å². The van der Waals surface area contributed by atoms with E-state index in [1.165, 1.54) is 0 Å². The highest BCUT2D eigenvalue weighted by Crippen LogP contribution is 2.52. The minimum Gasteiger partial charge on any atom is -0.481 e. The van der Waals surface area contributed by atoms with E-state index in [1.54, 1.807) is 6.20 Å². The zero-order chi connectivity index (χ0) is 25.3. The number of carboxylic acids is 1. The van der Waals surface area contributed by atoms with E-state index in [1.807, 2.05) is 57.2 Å². The van der Waals surface area contributed by atoms with Crippen LogP contribution in [0.2, 0.25) is 0 Å². The number of carbonyl (C=O) groups is 1. The molecule has 1 N–H and O–H groups in total. The minimum atomic E-state index is -0.854. The molecule has 7 heteroatoms. The number of fused-ring (bicyclic) bond motifs is 3. The minimum absolute atomic E-state index is 0.0122. The Hall–Kier alpha value is -3.63. The average Bonchev–Trinajstić information content (AvgIpc) is 2.84. The highest BCUT2D eigenvalue weighted by Gasteiger charge is 2.34. The van der Waals surface area contributed by atoms with E-state index in [2.05, 4.69) is 28.9 Å². The van der Waals surface area contributed by atoms with Crippen molar-refractivity contribution >= 4 is 27.7 Å². The zero-order valence-electron chi connectivity index (χ0n) is 20.6. The van der Waals surface area contributed by atoms with Crippen molar-refractivity contribution in [1.29, 1.82) is 5.26 Å². The molecular formula is C28H29N3O3S. The summed E-state index contributed by atoms with van der Waals surface area (Å²) < 4.78 is 7.91. The first-order chi connectivity index (χ1) is 16.8. The smallest absolute Gasteiger partial charge is 0.307 e. The number of anilines is 1. The molecule has 6 nitrogen and oxygen atoms in total. The molecule has 2 heterocycles. The predicted molar refractivity (Wildman–Crippen MR) is 143 cm³/mol. The monoisotopic (exact) mass is 487 g/mol. The molecule has 0 saturated carbocycles. The maximum absolute atomic E-state index is 11.9. The van der Waals surface area contributed by atoms with E-state index in [0.717, 1.165) is 50.3 Å². The summed E-state index contributed by atoms with van der Waals surface area (Å²) in [5.74, 6) is -0.290. The fraction of sp³-hybridized carbons (Fsp3) is 0.286. The SMILES string of the molecule is C/C=S(/C)N1c2c(cc(-c3ccc(C)cc3)c(CC(=O)O)c2C)-c2ncc(OCC#N)cc2[C@@H]1C. The standard InChI is InChI=1S/C28H29N3O3S/c1-6-35(5)31-19(4)23-13-21(34-12-11-29)16-30-27(23)25-14-24(20-9-7-17(2)8-10-20)22(15-26(32)33)18(3)28(25)31/h6-10,13-14,16,19H,12,15H2,1-5H3,(H,32,33)/t19-,35?/m0/s1. The van der Waals surface area contributed by atoms with Gasteiger partial charge in [-0.1, -0.05) is 29.8 Å². The van der Waals surface area contributed by atoms with Crippen molar-refractivity contribution in [3.8, 4) is 34.2 Å². The van der Waals surface area contributed by atoms with E-state index < -0.39 is 5.97 Å². The number of aromatic nitrogens is 1. The van der Waals surface area contributed by atoms with Crippen molar-refractivity contribution in [3.05, 3.63) is 64.8 Å². The summed E-state index contributed by atoms with van der Waals surface area (Å²) in [5.41, 5.74) is 8.71. The molecule has 1 unspecified atom stereocenters. The van der Waals surface area contributed by atoms with Crippen LogP contribution < -0.4 is 9.04 Å². The predicted octanol–water partition coefficient (Wildman–Crippen LogP) is 6.08. The summed E-state index contributed by atoms with van der Waals surface area (Å²) in [6, 6.07) is 14.2. The van der Waals surface area contributed by atoms with Gasteiger partial charge in [0.2, 0.25) is 0 Å². The molecule has 0 bridgehead atoms. The Bertz CT molecular complexity index is 1370. The molecule has 0 radical (unpaired) electrons. The molecule has 1 aliphatic rings. The molecule has 1 aromatic heterocycles. The summed E-state index contributed by atoms with van der Waals surface area (Å²) in [7, 11) is -0.220. The normalized spacial score (nSPS) is 15.2. The fourth-order valence-electron chi connectivity index (χ4n) is 4.71. The highest BCUT2D eigenvalue weighted by atomic mass is 32.2. The lowest BCUT2D eigenvalue weighted by molar-refractivity contribution is -0.136. The van der Waals surface area contributed by atoms with Gasteiger partial charge in [0.1, 0.15) is 11.8 Å². The molecule has 0 amide bonds. The van der Waals surface area contributed by atoms with Gasteiger partial charge in [0, 0.05) is 11.1 Å². The first-order valence-electron chi connectivity index (χ1n) is 11.5. The Balaban J connectivity index is 2.05. The van der Waals surface area contributed by atoms with E-state index in [0.29, 0.717) is 5.75 Å². The van der Waals surface area contributed by atoms with Crippen LogP contribution in [0.5, 0.6) is 5.75 Å². The third-order valence-corrected chi connectivity index (χ3v) is 8.29. The number of aliphatic carboxylic acids is 1. The molecule has 180 valence electrons. The summed E-state index contributed by atoms with van der Waals surface area (Å²) in [6.07, 6.45) is 3.77. The molecular weight excluding hydrogens is 458 g/mol. The van der Waals surface area contributed by atoms with Gasteiger partial charge in [0.15, 0.2) is 6.61 Å². The number of carboxylic acid groups (broad SMARTS) is 1. The number of nitrogens with zero attached hydrogens (tertiary/aromatic N) is 3. The summed E-state index contributed by atoms with van der Waals surface area (Å²) in [6.45, 7) is 8.20. The molecule has 4 rings (SSSR count). The van der Waals surface area contributed by atoms with Gasteiger partial charge in [-0.15, -0.1) is 10.7 Å². The quantitative estimate of drug-likeness (QED) is 0.424. The second-order valence-corrected chi connectivity index (χ2v) is 10.6. The van der Waals surface area contributed by atoms with Gasteiger partial charge < -0.3 is 14.1 Å². The summed E-state index contributed by atoms with van der Waals surface area (Å²) >= 11 is 0. The molecule has 35 heavy (non-hydrogen) atoms. The highest BCUT2D eigenvalue weighted by molar-refractivity contribution is 8.15. The van der Waals surface area contributed by atoms with Gasteiger partial charge in [0.05, 0.1) is 30.0 Å². The van der Waals surface area contributed by atoms with Crippen molar-refractivity contribution in [2.24, 2.45) is 0 Å². The van der Waals surface area contributed by atoms with Crippen molar-refractivity contribution in [1.82, 2.24) is 4.98 Å². The average molecular weight is 488 g/mol. The molecule has 0 saturated heterocycles. The van der Waals surface area contributed by atoms with Gasteiger partial charge in [0.25, 0.3) is 0 Å². The van der Waals surface area contributed by atoms with Crippen molar-refractivity contribution in [2.75, 3.05) is 17.2 Å². The van der Waals surface area contributed by atoms with Crippen LogP contribution in [0.4, 0.5) is 5.69 Å². The Labute approximate surface area is 208 Å². The number of rotatable bonds is 6. The number of aryl methyl sites for hydroxylation is 1. The second kappa shape index (κ2) is 9.93. The largest absolute Gasteiger partial charge is 0.481 e. The maximum atomic E-state index is 11.9. The topological polar surface area (TPSA) is 86.5 Å². The van der Waals surface area contributed by atoms with Crippen LogP contribution in [-0.2, 0) is 11.2 Å². The maximum Gasteiger partial charge on any atom is 0.307 e. The first kappa shape index (κ1) is 24.5. The molecule has 3 aromatic rings. The van der Waals surface area contributed by atoms with Crippen LogP contribution in [0.15, 0.2) is 42.6 Å². The van der Waals surface area contributed by atoms with Crippen molar-refractivity contribution in [3.63, 3.8) is 0 Å². The molecule has 0 fully saturated rings. The van der Waals surface area contributed by atoms with E-state index in [-0.39, 0.29) is 29.7 Å². The molecule has 1 aliphatic heterocycles. The van der Waals surface area contributed by atoms with Gasteiger partial charge in [-0.25, -0.2) is 0 Å². The molecule has 0 aliphatic carbocycles. The van der Waals surface area contributed by atoms with Gasteiger partial charge >= 0.3 is 5.97 Å². The van der Waals surface area contributed by atoms with Gasteiger partial charge in [-0.3, -0.25) is 9.78 Å². The second-order valence-electron chi connectivity index (χ2n) is 8.68. The third kappa shape index (κ3) is 4.54. The van der Waals surface area contributed by atoms with Crippen LogP contribution >= 0.6 is 10.7 Å². The molecule has 0 spiro atoms. The van der Waals surface area contributed by atoms with Crippen LogP contribution in [0.25, 0.3) is 22.4 Å². The Morgan fingerprint density at radius 1 is 1.26 bits per heavy atom. The zero-order valence-corrected chi connectivity index (χ0v) is 21.4. The number of hydrogen-bond donors (Lipinski definition) is 1. The lowest BCUT2D eigenvalue weighted by Gasteiger charge is -2.40. The lowest BCUT2D eigenvalue weighted by atomic mass is 9.85. The molecule has 2 atom stereocenters. The fourth-order valence-corrected chi connectivity index (χ4v) is 6.07. The first-order valence-corrected chi connectivity index (χ1v) is 13.1. The summed E-state index contributed by atoms with van der Waals surface area (Å²) in [5, 5.41) is 20.9. The van der Waals surface area contributed by atoms with Crippen LogP contribution in [-0.4, -0.2) is 34.3 Å². The number of ether oxygens (including phenoxy) is 1. The summed E-state index contributed by atoms with van der Waals surface area (Å²) in [4.78, 5) is 16.7. The van der Waals surface area contributed by atoms with E-state index in [9.17, 15) is 9.90 Å². The van der Waals surface area contributed by atoms with E-state index >= 15 is 0 Å². The van der Waals surface area contributed by atoms with Crippen molar-refractivity contribution < 1.29 is 14.6 Å². The van der Waals surface area contributed by atoms with Crippen LogP contribution in [0, 0.1) is 25.2 Å². The number of benzene rings is 2. The Morgan fingerprint density at radius 3 is 2.60 bits per heavy atom. The van der Waals surface area contributed by atoms with Crippen LogP contribution in [0.3, 0.4) is 0 Å². The van der Waals surface area contributed by atoms with Crippen molar-refractivity contribution in [2.45, 2.75) is 40.2 Å². The van der Waals surface area contributed by atoms with Gasteiger partial charge in [-0.2, -0.15) is 5.26 Å². The lowest BCUT2D eigenvalue weighted by Crippen LogP contribution is -2.28. The van der Waals surface area contributed by atoms with Gasteiger partial charge in [-0.05, 0) is 73.7 Å².